The summed E-state index contributed by atoms with van der Waals surface area (Å²) < 4.78 is 41.9. The molecule has 1 atom stereocenters. The molecule has 1 aromatic heterocycles. The van der Waals surface area contributed by atoms with Crippen LogP contribution in [0.15, 0.2) is 36.4 Å². The molecule has 2 aromatic carbocycles. The number of halogens is 3. The fourth-order valence-electron chi connectivity index (χ4n) is 4.33. The predicted octanol–water partition coefficient (Wildman–Crippen LogP) is 4.77. The van der Waals surface area contributed by atoms with Crippen LogP contribution < -0.4 is 5.32 Å². The Hall–Kier alpha value is -3.00. The molecule has 3 N–H and O–H groups in total. The summed E-state index contributed by atoms with van der Waals surface area (Å²) in [7, 11) is 1.63. The maximum Gasteiger partial charge on any atom is 0.317 e. The topological polar surface area (TPSA) is 68.4 Å². The summed E-state index contributed by atoms with van der Waals surface area (Å²) in [5.74, 6) is -1.40. The minimum Gasteiger partial charge on any atom is -0.394 e. The zero-order valence-electron chi connectivity index (χ0n) is 18.0. The number of carbonyl (C=O) groups excluding carboxylic acids is 1. The molecule has 170 valence electrons. The number of aromatic nitrogens is 1. The molecule has 5 nitrogen and oxygen atoms in total. The number of nitrogens with zero attached hydrogens (tertiary/aromatic N) is 1. The number of fused-ring (bicyclic) bond motifs is 1. The van der Waals surface area contributed by atoms with Crippen molar-refractivity contribution in [1.29, 1.82) is 0 Å². The molecule has 8 heteroatoms. The van der Waals surface area contributed by atoms with Crippen molar-refractivity contribution in [3.63, 3.8) is 0 Å². The third-order valence-electron chi connectivity index (χ3n) is 6.43. The van der Waals surface area contributed by atoms with Crippen molar-refractivity contribution < 1.29 is 23.1 Å². The number of benzene rings is 2. The number of aromatic amines is 1. The molecule has 0 radical (unpaired) electrons. The summed E-state index contributed by atoms with van der Waals surface area (Å²) >= 11 is 0. The first kappa shape index (κ1) is 22.2. The Morgan fingerprint density at radius 2 is 1.88 bits per heavy atom. The normalized spacial score (nSPS) is 18.9. The van der Waals surface area contributed by atoms with Gasteiger partial charge in [-0.3, -0.25) is 0 Å². The van der Waals surface area contributed by atoms with Crippen molar-refractivity contribution in [3.8, 4) is 11.3 Å². The van der Waals surface area contributed by atoms with Gasteiger partial charge in [0.1, 0.15) is 17.5 Å². The third-order valence-corrected chi connectivity index (χ3v) is 6.43. The van der Waals surface area contributed by atoms with E-state index in [9.17, 15) is 23.1 Å². The van der Waals surface area contributed by atoms with Gasteiger partial charge in [0.15, 0.2) is 0 Å². The van der Waals surface area contributed by atoms with E-state index >= 15 is 0 Å². The van der Waals surface area contributed by atoms with E-state index in [1.807, 2.05) is 0 Å². The summed E-state index contributed by atoms with van der Waals surface area (Å²) in [4.78, 5) is 16.7. The molecule has 0 bridgehead atoms. The van der Waals surface area contributed by atoms with E-state index < -0.39 is 11.6 Å². The number of hydrogen-bond donors (Lipinski definition) is 3. The molecule has 3 aromatic rings. The van der Waals surface area contributed by atoms with Gasteiger partial charge in [0.25, 0.3) is 0 Å². The van der Waals surface area contributed by atoms with Crippen molar-refractivity contribution in [2.45, 2.75) is 31.7 Å². The van der Waals surface area contributed by atoms with Crippen LogP contribution in [0.1, 0.15) is 31.2 Å². The van der Waals surface area contributed by atoms with E-state index in [1.54, 1.807) is 26.1 Å². The van der Waals surface area contributed by atoms with E-state index in [1.165, 1.54) is 23.1 Å². The van der Waals surface area contributed by atoms with E-state index in [0.29, 0.717) is 23.2 Å². The van der Waals surface area contributed by atoms with Crippen LogP contribution in [0.4, 0.5) is 18.0 Å². The Morgan fingerprint density at radius 3 is 2.53 bits per heavy atom. The molecule has 1 aliphatic rings. The predicted molar refractivity (Wildman–Crippen MR) is 117 cm³/mol. The highest BCUT2D eigenvalue weighted by Gasteiger charge is 2.35. The second-order valence-corrected chi connectivity index (χ2v) is 8.59. The molecule has 1 aliphatic carbocycles. The first-order valence-electron chi connectivity index (χ1n) is 10.7. The Balaban J connectivity index is 1.55. The maximum atomic E-state index is 14.5. The molecule has 4 rings (SSSR count). The molecular weight excluding hydrogens is 419 g/mol. The summed E-state index contributed by atoms with van der Waals surface area (Å²) in [6.07, 6.45) is 1.50. The molecule has 1 heterocycles. The Morgan fingerprint density at radius 1 is 1.19 bits per heavy atom. The van der Waals surface area contributed by atoms with Gasteiger partial charge in [-0.15, -0.1) is 0 Å². The van der Waals surface area contributed by atoms with Crippen molar-refractivity contribution in [2.75, 3.05) is 20.2 Å². The molecule has 1 fully saturated rings. The SMILES string of the molecule is CC(CO)N(C)C(=O)NC[C@H]1C[C@H](c2c(-c3ccc(F)cc3)[nH]c3c(F)cc(F)cc32)C1. The summed E-state index contributed by atoms with van der Waals surface area (Å²) in [6.45, 7) is 2.12. The summed E-state index contributed by atoms with van der Waals surface area (Å²) in [5, 5.41) is 12.6. The highest BCUT2D eigenvalue weighted by molar-refractivity contribution is 5.92. The van der Waals surface area contributed by atoms with Gasteiger partial charge in [0.2, 0.25) is 0 Å². The zero-order valence-corrected chi connectivity index (χ0v) is 18.0. The van der Waals surface area contributed by atoms with Crippen molar-refractivity contribution in [1.82, 2.24) is 15.2 Å². The number of aliphatic hydroxyl groups is 1. The minimum atomic E-state index is -0.668. The molecular formula is C24H26F3N3O2. The molecule has 1 saturated carbocycles. The fraction of sp³-hybridized carbons (Fsp3) is 0.375. The van der Waals surface area contributed by atoms with Crippen LogP contribution in [-0.2, 0) is 0 Å². The number of carbonyl (C=O) groups is 1. The van der Waals surface area contributed by atoms with E-state index in [0.717, 1.165) is 24.5 Å². The smallest absolute Gasteiger partial charge is 0.317 e. The molecule has 32 heavy (non-hydrogen) atoms. The lowest BCUT2D eigenvalue weighted by molar-refractivity contribution is 0.153. The molecule has 0 saturated heterocycles. The quantitative estimate of drug-likeness (QED) is 0.512. The zero-order chi connectivity index (χ0) is 23.0. The highest BCUT2D eigenvalue weighted by Crippen LogP contribution is 2.48. The summed E-state index contributed by atoms with van der Waals surface area (Å²) in [6, 6.07) is 7.56. The fourth-order valence-corrected chi connectivity index (χ4v) is 4.33. The van der Waals surface area contributed by atoms with Crippen LogP contribution in [0.2, 0.25) is 0 Å². The first-order chi connectivity index (χ1) is 15.3. The minimum absolute atomic E-state index is 0.0565. The van der Waals surface area contributed by atoms with E-state index in [4.69, 9.17) is 0 Å². The van der Waals surface area contributed by atoms with Gasteiger partial charge in [-0.05, 0) is 73.1 Å². The number of aliphatic hydroxyl groups excluding tert-OH is 1. The van der Waals surface area contributed by atoms with Crippen LogP contribution in [0.3, 0.4) is 0 Å². The Kier molecular flexibility index (Phi) is 6.15. The van der Waals surface area contributed by atoms with Crippen molar-refractivity contribution in [2.24, 2.45) is 5.92 Å². The van der Waals surface area contributed by atoms with E-state index in [-0.39, 0.29) is 41.8 Å². The number of amides is 2. The second-order valence-electron chi connectivity index (χ2n) is 8.59. The van der Waals surface area contributed by atoms with Gasteiger partial charge in [0.05, 0.1) is 23.9 Å². The lowest BCUT2D eigenvalue weighted by Crippen LogP contribution is -2.46. The van der Waals surface area contributed by atoms with Crippen LogP contribution in [0.5, 0.6) is 0 Å². The standard InChI is InChI=1S/C24H26F3N3O2/c1-13(12-31)30(2)24(32)28-11-14-7-16(8-14)21-19-9-18(26)10-20(27)23(19)29-22(21)15-3-5-17(25)6-4-15/h3-6,9-10,13-14,16,29,31H,7-8,11-12H2,1-2H3,(H,28,32)/t13?,14-,16-. The number of rotatable bonds is 6. The lowest BCUT2D eigenvalue weighted by atomic mass is 9.70. The summed E-state index contributed by atoms with van der Waals surface area (Å²) in [5.41, 5.74) is 2.41. The number of urea groups is 1. The van der Waals surface area contributed by atoms with Crippen LogP contribution in [0.25, 0.3) is 22.2 Å². The number of likely N-dealkylation sites (N-methyl/N-ethyl adjacent to an activating group) is 1. The molecule has 2 amide bonds. The van der Waals surface area contributed by atoms with E-state index in [2.05, 4.69) is 10.3 Å². The van der Waals surface area contributed by atoms with Gasteiger partial charge in [-0.25, -0.2) is 18.0 Å². The van der Waals surface area contributed by atoms with Gasteiger partial charge >= 0.3 is 6.03 Å². The number of H-pyrrole nitrogens is 1. The second kappa shape index (κ2) is 8.86. The largest absolute Gasteiger partial charge is 0.394 e. The van der Waals surface area contributed by atoms with Gasteiger partial charge in [0, 0.05) is 25.0 Å². The van der Waals surface area contributed by atoms with Crippen LogP contribution in [-0.4, -0.2) is 47.3 Å². The van der Waals surface area contributed by atoms with Crippen molar-refractivity contribution >= 4 is 16.9 Å². The average molecular weight is 445 g/mol. The van der Waals surface area contributed by atoms with Gasteiger partial charge in [-0.2, -0.15) is 0 Å². The maximum absolute atomic E-state index is 14.5. The highest BCUT2D eigenvalue weighted by atomic mass is 19.1. The number of nitrogens with one attached hydrogen (secondary N) is 2. The third kappa shape index (κ3) is 4.19. The molecule has 1 unspecified atom stereocenters. The number of hydrogen-bond acceptors (Lipinski definition) is 2. The average Bonchev–Trinajstić information content (AvgIpc) is 3.11. The molecule has 0 spiro atoms. The first-order valence-corrected chi connectivity index (χ1v) is 10.7. The van der Waals surface area contributed by atoms with Crippen LogP contribution in [0, 0.1) is 23.4 Å². The van der Waals surface area contributed by atoms with Gasteiger partial charge in [-0.1, -0.05) is 0 Å². The Bertz CT molecular complexity index is 1120. The van der Waals surface area contributed by atoms with Gasteiger partial charge < -0.3 is 20.3 Å². The lowest BCUT2D eigenvalue weighted by Gasteiger charge is -2.37. The molecule has 0 aliphatic heterocycles. The Labute approximate surface area is 184 Å². The van der Waals surface area contributed by atoms with Crippen molar-refractivity contribution in [3.05, 3.63) is 59.4 Å². The van der Waals surface area contributed by atoms with Crippen LogP contribution >= 0.6 is 0 Å². The monoisotopic (exact) mass is 445 g/mol.